The van der Waals surface area contributed by atoms with Gasteiger partial charge in [0.25, 0.3) is 0 Å². The molecule has 1 aromatic carbocycles. The van der Waals surface area contributed by atoms with E-state index in [1.165, 1.54) is 0 Å². The van der Waals surface area contributed by atoms with Crippen LogP contribution in [-0.2, 0) is 0 Å². The molecule has 0 fully saturated rings. The number of aliphatic hydroxyl groups is 1. The summed E-state index contributed by atoms with van der Waals surface area (Å²) in [5.41, 5.74) is 4.35. The van der Waals surface area contributed by atoms with Crippen molar-refractivity contribution < 1.29 is 5.11 Å². The Bertz CT molecular complexity index is 969. The van der Waals surface area contributed by atoms with Crippen LogP contribution in [0.25, 0.3) is 11.0 Å². The van der Waals surface area contributed by atoms with E-state index in [0.717, 1.165) is 22.4 Å². The van der Waals surface area contributed by atoms with Crippen LogP contribution < -0.4 is 10.9 Å². The van der Waals surface area contributed by atoms with Crippen molar-refractivity contribution in [2.75, 3.05) is 11.9 Å². The largest absolute Gasteiger partial charge is 0.391 e. The Morgan fingerprint density at radius 3 is 2.44 bits per heavy atom. The number of rotatable bonds is 6. The summed E-state index contributed by atoms with van der Waals surface area (Å²) in [6.45, 7) is 10.5. The fourth-order valence-electron chi connectivity index (χ4n) is 3.03. The Morgan fingerprint density at radius 1 is 1.15 bits per heavy atom. The molecular formula is C20H28N6O. The van der Waals surface area contributed by atoms with Crippen LogP contribution in [0.2, 0.25) is 0 Å². The molecule has 0 radical (unpaired) electrons. The van der Waals surface area contributed by atoms with E-state index in [1.54, 1.807) is 6.92 Å². The van der Waals surface area contributed by atoms with Gasteiger partial charge in [0.1, 0.15) is 0 Å². The van der Waals surface area contributed by atoms with Crippen LogP contribution in [0, 0.1) is 0 Å². The molecule has 3 rings (SSSR count). The third-order valence-corrected chi connectivity index (χ3v) is 4.29. The number of hydrogen-bond acceptors (Lipinski definition) is 5. The summed E-state index contributed by atoms with van der Waals surface area (Å²) in [6.07, 6.45) is -0.525. The number of H-pyrrole nitrogens is 1. The zero-order valence-electron chi connectivity index (χ0n) is 16.6. The molecule has 0 saturated carbocycles. The van der Waals surface area contributed by atoms with Crippen LogP contribution in [0.1, 0.15) is 52.3 Å². The maximum Gasteiger partial charge on any atom is 0.227 e. The fourth-order valence-corrected chi connectivity index (χ4v) is 3.03. The molecule has 0 bridgehead atoms. The molecule has 144 valence electrons. The standard InChI is InChI=1S/C20H28N6O/c1-12(2)16-18-17(25-24-16)19(22-15-9-7-6-8-10-15)23-20(21-11-14(5)27)26(18)13(3)4/h6-10,12-14,27H,11H2,1-5H3,(H,24,25)(H,21,22,23). The van der Waals surface area contributed by atoms with Crippen molar-refractivity contribution in [3.63, 3.8) is 0 Å². The topological polar surface area (TPSA) is 91.1 Å². The lowest BCUT2D eigenvalue weighted by atomic mass is 10.1. The molecule has 7 heteroatoms. The maximum absolute atomic E-state index is 9.70. The van der Waals surface area contributed by atoms with Gasteiger partial charge in [-0.1, -0.05) is 32.0 Å². The van der Waals surface area contributed by atoms with Crippen LogP contribution in [-0.4, -0.2) is 37.5 Å². The molecule has 2 aromatic heterocycles. The lowest BCUT2D eigenvalue weighted by Crippen LogP contribution is -2.29. The molecule has 1 atom stereocenters. The normalized spacial score (nSPS) is 13.7. The summed E-state index contributed by atoms with van der Waals surface area (Å²) in [7, 11) is 0. The Kier molecular flexibility index (Phi) is 5.60. The van der Waals surface area contributed by atoms with Gasteiger partial charge >= 0.3 is 0 Å². The summed E-state index contributed by atoms with van der Waals surface area (Å²) in [6, 6.07) is 10.0. The summed E-state index contributed by atoms with van der Waals surface area (Å²) >= 11 is 0. The molecule has 1 unspecified atom stereocenters. The van der Waals surface area contributed by atoms with Crippen LogP contribution in [0.3, 0.4) is 0 Å². The number of aliphatic hydroxyl groups excluding tert-OH is 1. The number of hydrogen-bond donors (Lipinski definition) is 3. The second kappa shape index (κ2) is 7.92. The molecule has 0 spiro atoms. The lowest BCUT2D eigenvalue weighted by Gasteiger charge is -2.17. The first-order valence-corrected chi connectivity index (χ1v) is 9.39. The first-order valence-electron chi connectivity index (χ1n) is 9.39. The molecule has 3 aromatic rings. The van der Waals surface area contributed by atoms with Gasteiger partial charge in [0.2, 0.25) is 5.62 Å². The summed E-state index contributed by atoms with van der Waals surface area (Å²) in [5, 5.41) is 20.8. The van der Waals surface area contributed by atoms with Gasteiger partial charge in [-0.15, -0.1) is 0 Å². The monoisotopic (exact) mass is 368 g/mol. The summed E-state index contributed by atoms with van der Waals surface area (Å²) in [5.74, 6) is 0.928. The molecule has 0 aliphatic heterocycles. The van der Waals surface area contributed by atoms with Crippen molar-refractivity contribution in [2.45, 2.75) is 52.7 Å². The zero-order chi connectivity index (χ0) is 19.6. The van der Waals surface area contributed by atoms with Gasteiger partial charge in [0.15, 0.2) is 11.3 Å². The number of aromatic nitrogens is 4. The minimum absolute atomic E-state index is 0.147. The van der Waals surface area contributed by atoms with E-state index in [-0.39, 0.29) is 12.0 Å². The number of anilines is 2. The SMILES string of the molecule is CC(O)CN=c1nc(Nc2ccccc2)c2n[nH]c(C(C)C)c2n1C(C)C. The van der Waals surface area contributed by atoms with Gasteiger partial charge in [0.05, 0.1) is 23.9 Å². The predicted molar refractivity (Wildman–Crippen MR) is 108 cm³/mol. The number of nitrogens with one attached hydrogen (secondary N) is 2. The Morgan fingerprint density at radius 2 is 1.85 bits per heavy atom. The fraction of sp³-hybridized carbons (Fsp3) is 0.450. The van der Waals surface area contributed by atoms with E-state index >= 15 is 0 Å². The highest BCUT2D eigenvalue weighted by Gasteiger charge is 2.20. The smallest absolute Gasteiger partial charge is 0.227 e. The van der Waals surface area contributed by atoms with Crippen LogP contribution in [0.5, 0.6) is 0 Å². The van der Waals surface area contributed by atoms with E-state index in [4.69, 9.17) is 4.98 Å². The molecule has 0 aliphatic rings. The lowest BCUT2D eigenvalue weighted by molar-refractivity contribution is 0.202. The van der Waals surface area contributed by atoms with Crippen molar-refractivity contribution in [3.05, 3.63) is 41.6 Å². The van der Waals surface area contributed by atoms with Crippen LogP contribution in [0.4, 0.5) is 11.5 Å². The minimum atomic E-state index is -0.525. The third-order valence-electron chi connectivity index (χ3n) is 4.29. The maximum atomic E-state index is 9.70. The summed E-state index contributed by atoms with van der Waals surface area (Å²) < 4.78 is 2.09. The molecular weight excluding hydrogens is 340 g/mol. The van der Waals surface area contributed by atoms with Crippen LogP contribution in [0.15, 0.2) is 35.3 Å². The van der Waals surface area contributed by atoms with Gasteiger partial charge in [-0.3, -0.25) is 5.10 Å². The van der Waals surface area contributed by atoms with Gasteiger partial charge in [-0.2, -0.15) is 10.1 Å². The van der Waals surface area contributed by atoms with Gasteiger partial charge in [-0.05, 0) is 38.8 Å². The highest BCUT2D eigenvalue weighted by atomic mass is 16.3. The Labute approximate surface area is 159 Å². The first kappa shape index (κ1) is 19.1. The first-order chi connectivity index (χ1) is 12.9. The summed E-state index contributed by atoms with van der Waals surface area (Å²) in [4.78, 5) is 9.33. The van der Waals surface area contributed by atoms with Crippen molar-refractivity contribution in [2.24, 2.45) is 4.99 Å². The highest BCUT2D eigenvalue weighted by molar-refractivity contribution is 5.89. The number of benzene rings is 1. The Balaban J connectivity index is 2.29. The van der Waals surface area contributed by atoms with Crippen LogP contribution >= 0.6 is 0 Å². The van der Waals surface area contributed by atoms with Gasteiger partial charge < -0.3 is 15.0 Å². The third kappa shape index (κ3) is 4.03. The molecule has 3 N–H and O–H groups in total. The molecule has 0 aliphatic carbocycles. The number of fused-ring (bicyclic) bond motifs is 1. The number of aromatic amines is 1. The number of para-hydroxylation sites is 1. The number of nitrogens with zero attached hydrogens (tertiary/aromatic N) is 4. The van der Waals surface area contributed by atoms with E-state index in [9.17, 15) is 5.11 Å². The van der Waals surface area contributed by atoms with Gasteiger partial charge in [0, 0.05) is 11.7 Å². The van der Waals surface area contributed by atoms with E-state index in [2.05, 4.69) is 52.8 Å². The van der Waals surface area contributed by atoms with Crippen molar-refractivity contribution in [1.82, 2.24) is 19.7 Å². The second-order valence-electron chi connectivity index (χ2n) is 7.39. The van der Waals surface area contributed by atoms with E-state index < -0.39 is 6.10 Å². The molecule has 0 saturated heterocycles. The molecule has 0 amide bonds. The van der Waals surface area contributed by atoms with E-state index in [0.29, 0.717) is 18.0 Å². The second-order valence-corrected chi connectivity index (χ2v) is 7.39. The molecule has 27 heavy (non-hydrogen) atoms. The average Bonchev–Trinajstić information content (AvgIpc) is 3.05. The molecule has 7 nitrogen and oxygen atoms in total. The quantitative estimate of drug-likeness (QED) is 0.621. The molecule has 2 heterocycles. The Hall–Kier alpha value is -2.67. The van der Waals surface area contributed by atoms with E-state index in [1.807, 2.05) is 30.3 Å². The van der Waals surface area contributed by atoms with Crippen molar-refractivity contribution in [3.8, 4) is 0 Å². The highest BCUT2D eigenvalue weighted by Crippen LogP contribution is 2.28. The average molecular weight is 368 g/mol. The zero-order valence-corrected chi connectivity index (χ0v) is 16.6. The van der Waals surface area contributed by atoms with Crippen molar-refractivity contribution >= 4 is 22.5 Å². The van der Waals surface area contributed by atoms with Gasteiger partial charge in [-0.25, -0.2) is 4.99 Å². The predicted octanol–water partition coefficient (Wildman–Crippen LogP) is 3.49. The van der Waals surface area contributed by atoms with Crippen molar-refractivity contribution in [1.29, 1.82) is 0 Å². The minimum Gasteiger partial charge on any atom is -0.391 e.